The van der Waals surface area contributed by atoms with Crippen LogP contribution in [0.15, 0.2) is 24.3 Å². The van der Waals surface area contributed by atoms with Crippen molar-refractivity contribution < 1.29 is 9.53 Å². The Balaban J connectivity index is 0. The van der Waals surface area contributed by atoms with Gasteiger partial charge in [-0.15, -0.1) is 24.0 Å². The Morgan fingerprint density at radius 3 is 2.26 bits per heavy atom. The van der Waals surface area contributed by atoms with Gasteiger partial charge in [0.1, 0.15) is 6.73 Å². The maximum Gasteiger partial charge on any atom is 0.226 e. The van der Waals surface area contributed by atoms with Crippen LogP contribution in [-0.2, 0) is 22.6 Å². The van der Waals surface area contributed by atoms with E-state index in [2.05, 4.69) is 19.2 Å². The highest BCUT2D eigenvalue weighted by molar-refractivity contribution is 14.0. The van der Waals surface area contributed by atoms with Gasteiger partial charge in [0.25, 0.3) is 0 Å². The Morgan fingerprint density at radius 1 is 1.16 bits per heavy atom. The molecule has 0 saturated heterocycles. The van der Waals surface area contributed by atoms with E-state index in [4.69, 9.17) is 4.74 Å². The number of halogens is 1. The summed E-state index contributed by atoms with van der Waals surface area (Å²) >= 11 is 0. The van der Waals surface area contributed by atoms with Gasteiger partial charge < -0.3 is 10.1 Å². The summed E-state index contributed by atoms with van der Waals surface area (Å²) in [7, 11) is 0. The first-order chi connectivity index (χ1) is 8.77. The molecule has 0 aliphatic carbocycles. The predicted octanol–water partition coefficient (Wildman–Crippen LogP) is 3.89. The van der Waals surface area contributed by atoms with E-state index in [0.29, 0.717) is 19.8 Å². The van der Waals surface area contributed by atoms with E-state index >= 15 is 0 Å². The monoisotopic (exact) mass is 379 g/mol. The lowest BCUT2D eigenvalue weighted by Gasteiger charge is -2.14. The van der Waals surface area contributed by atoms with Gasteiger partial charge in [-0.25, -0.2) is 0 Å². The highest BCUT2D eigenvalue weighted by atomic mass is 127. The van der Waals surface area contributed by atoms with Gasteiger partial charge in [-0.2, -0.15) is 0 Å². The molecule has 0 radical (unpaired) electrons. The normalized spacial score (nSPS) is 12.7. The van der Waals surface area contributed by atoms with Crippen molar-refractivity contribution in [2.24, 2.45) is 0 Å². The first-order valence-corrected chi connectivity index (χ1v) is 6.69. The van der Waals surface area contributed by atoms with Crippen LogP contribution < -0.4 is 5.32 Å². The fraction of sp³-hybridized carbons (Fsp3) is 0.533. The van der Waals surface area contributed by atoms with Crippen LogP contribution >= 0.6 is 24.0 Å². The zero-order chi connectivity index (χ0) is 13.8. The molecule has 110 valence electrons. The fourth-order valence-electron chi connectivity index (χ4n) is 1.40. The number of rotatable bonds is 0. The summed E-state index contributed by atoms with van der Waals surface area (Å²) < 4.78 is 5.24. The third-order valence-electron chi connectivity index (χ3n) is 2.10. The molecule has 1 aromatic carbocycles. The highest BCUT2D eigenvalue weighted by Crippen LogP contribution is 2.12. The Bertz CT molecular complexity index is 343. The van der Waals surface area contributed by atoms with Crippen molar-refractivity contribution >= 4 is 29.9 Å². The minimum Gasteiger partial charge on any atom is -0.357 e. The molecule has 0 fully saturated rings. The van der Waals surface area contributed by atoms with Crippen LogP contribution in [0.25, 0.3) is 0 Å². The minimum absolute atomic E-state index is 0. The predicted molar refractivity (Wildman–Crippen MR) is 90.7 cm³/mol. The number of benzene rings is 1. The third-order valence-corrected chi connectivity index (χ3v) is 2.10. The quantitative estimate of drug-likeness (QED) is 0.695. The molecular formula is C15H26INO2. The van der Waals surface area contributed by atoms with Gasteiger partial charge in [0, 0.05) is 0 Å². The van der Waals surface area contributed by atoms with E-state index in [1.807, 2.05) is 38.1 Å². The maximum atomic E-state index is 11.2. The van der Waals surface area contributed by atoms with E-state index in [-0.39, 0.29) is 29.9 Å². The summed E-state index contributed by atoms with van der Waals surface area (Å²) in [6, 6.07) is 7.85. The van der Waals surface area contributed by atoms with Gasteiger partial charge in [0.2, 0.25) is 5.91 Å². The number of amides is 1. The van der Waals surface area contributed by atoms with E-state index in [1.165, 1.54) is 6.42 Å². The van der Waals surface area contributed by atoms with Gasteiger partial charge in [0.05, 0.1) is 13.0 Å². The number of nitrogens with one attached hydrogen (secondary N) is 1. The average molecular weight is 379 g/mol. The second kappa shape index (κ2) is 13.8. The molecule has 1 amide bonds. The fourth-order valence-corrected chi connectivity index (χ4v) is 1.40. The van der Waals surface area contributed by atoms with Crippen LogP contribution in [0.4, 0.5) is 0 Å². The Labute approximate surface area is 134 Å². The molecule has 0 atom stereocenters. The molecule has 0 spiro atoms. The van der Waals surface area contributed by atoms with E-state index in [0.717, 1.165) is 11.1 Å². The first kappa shape index (κ1) is 20.7. The zero-order valence-corrected chi connectivity index (χ0v) is 14.7. The summed E-state index contributed by atoms with van der Waals surface area (Å²) in [5.41, 5.74) is 2.16. The molecule has 0 aromatic heterocycles. The van der Waals surface area contributed by atoms with Crippen LogP contribution in [0.3, 0.4) is 0 Å². The largest absolute Gasteiger partial charge is 0.357 e. The number of carbonyl (C=O) groups excluding carboxylic acids is 1. The van der Waals surface area contributed by atoms with E-state index in [1.54, 1.807) is 0 Å². The molecule has 1 aliphatic rings. The molecular weight excluding hydrogens is 353 g/mol. The molecule has 1 N–H and O–H groups in total. The molecule has 19 heavy (non-hydrogen) atoms. The Kier molecular flexibility index (Phi) is 15.0. The van der Waals surface area contributed by atoms with E-state index < -0.39 is 0 Å². The number of hydrogen-bond donors (Lipinski definition) is 1. The third kappa shape index (κ3) is 8.99. The second-order valence-corrected chi connectivity index (χ2v) is 3.75. The van der Waals surface area contributed by atoms with Gasteiger partial charge in [0.15, 0.2) is 0 Å². The zero-order valence-electron chi connectivity index (χ0n) is 12.4. The summed E-state index contributed by atoms with van der Waals surface area (Å²) in [5, 5.41) is 2.66. The second-order valence-electron chi connectivity index (χ2n) is 3.75. The minimum atomic E-state index is 0. The molecule has 2 rings (SSSR count). The summed E-state index contributed by atoms with van der Waals surface area (Å²) in [4.78, 5) is 11.2. The Morgan fingerprint density at radius 2 is 1.68 bits per heavy atom. The van der Waals surface area contributed by atoms with Crippen LogP contribution in [0.2, 0.25) is 0 Å². The lowest BCUT2D eigenvalue weighted by molar-refractivity contribution is -0.122. The molecule has 0 unspecified atom stereocenters. The Hall–Kier alpha value is -0.620. The van der Waals surface area contributed by atoms with Crippen molar-refractivity contribution in [3.05, 3.63) is 35.4 Å². The molecule has 1 heterocycles. The summed E-state index contributed by atoms with van der Waals surface area (Å²) in [6.45, 7) is 9.14. The molecule has 1 aliphatic heterocycles. The smallest absolute Gasteiger partial charge is 0.226 e. The molecule has 1 aromatic rings. The highest BCUT2D eigenvalue weighted by Gasteiger charge is 2.10. The lowest BCUT2D eigenvalue weighted by Crippen LogP contribution is -2.29. The van der Waals surface area contributed by atoms with Crippen LogP contribution in [0, 0.1) is 0 Å². The summed E-state index contributed by atoms with van der Waals surface area (Å²) in [6.07, 6.45) is 1.71. The number of fused-ring (bicyclic) bond motifs is 1. The van der Waals surface area contributed by atoms with Gasteiger partial charge in [-0.3, -0.25) is 4.79 Å². The van der Waals surface area contributed by atoms with Crippen molar-refractivity contribution in [3.8, 4) is 0 Å². The van der Waals surface area contributed by atoms with Gasteiger partial charge in [-0.1, -0.05) is 58.4 Å². The first-order valence-electron chi connectivity index (χ1n) is 6.69. The van der Waals surface area contributed by atoms with Crippen LogP contribution in [-0.4, -0.2) is 12.6 Å². The molecule has 3 nitrogen and oxygen atoms in total. The molecule has 0 bridgehead atoms. The lowest BCUT2D eigenvalue weighted by atomic mass is 10.0. The number of hydrogen-bond acceptors (Lipinski definition) is 2. The van der Waals surface area contributed by atoms with Crippen molar-refractivity contribution in [1.82, 2.24) is 5.32 Å². The van der Waals surface area contributed by atoms with Crippen molar-refractivity contribution in [1.29, 1.82) is 0 Å². The van der Waals surface area contributed by atoms with E-state index in [9.17, 15) is 4.79 Å². The van der Waals surface area contributed by atoms with Crippen LogP contribution in [0.1, 0.15) is 45.2 Å². The molecule has 4 heteroatoms. The van der Waals surface area contributed by atoms with Crippen molar-refractivity contribution in [2.45, 2.75) is 47.1 Å². The molecule has 0 saturated carbocycles. The number of ether oxygens (including phenoxy) is 1. The van der Waals surface area contributed by atoms with Crippen molar-refractivity contribution in [2.75, 3.05) is 6.73 Å². The maximum absolute atomic E-state index is 11.2. The SMILES string of the molecule is CC.CCC.I.O=C1Cc2ccccc2COCN1. The average Bonchev–Trinajstić information content (AvgIpc) is 2.37. The van der Waals surface area contributed by atoms with Gasteiger partial charge >= 0.3 is 0 Å². The standard InChI is InChI=1S/C10H11NO2.C3H8.C2H6.HI/c12-10-5-8-3-1-2-4-9(8)6-13-7-11-10;1-3-2;1-2;/h1-4H,5-7H2,(H,11,12);3H2,1-2H3;1-2H3;1H. The van der Waals surface area contributed by atoms with Gasteiger partial charge in [-0.05, 0) is 11.1 Å². The van der Waals surface area contributed by atoms with Crippen LogP contribution in [0.5, 0.6) is 0 Å². The topological polar surface area (TPSA) is 38.3 Å². The summed E-state index contributed by atoms with van der Waals surface area (Å²) in [5.74, 6) is 0.0205. The number of carbonyl (C=O) groups is 1. The van der Waals surface area contributed by atoms with Crippen molar-refractivity contribution in [3.63, 3.8) is 0 Å².